The number of guanidine groups is 1. The summed E-state index contributed by atoms with van der Waals surface area (Å²) in [5, 5.41) is 8.95. The summed E-state index contributed by atoms with van der Waals surface area (Å²) < 4.78 is 12.8. The fourth-order valence-corrected chi connectivity index (χ4v) is 1.72. The molecule has 1 rings (SSSR count). The van der Waals surface area contributed by atoms with Crippen LogP contribution in [0.15, 0.2) is 41.9 Å². The van der Waals surface area contributed by atoms with Crippen LogP contribution in [0.25, 0.3) is 0 Å². The van der Waals surface area contributed by atoms with E-state index in [4.69, 9.17) is 0 Å². The molecule has 0 unspecified atom stereocenters. The maximum atomic E-state index is 12.8. The summed E-state index contributed by atoms with van der Waals surface area (Å²) in [5.41, 5.74) is 0.781. The quantitative estimate of drug-likeness (QED) is 0.192. The van der Waals surface area contributed by atoms with Gasteiger partial charge in [-0.2, -0.15) is 0 Å². The Morgan fingerprint density at radius 2 is 1.96 bits per heavy atom. The third kappa shape index (κ3) is 9.88. The van der Waals surface area contributed by atoms with Crippen LogP contribution in [0.2, 0.25) is 0 Å². The highest BCUT2D eigenvalue weighted by Crippen LogP contribution is 2.03. The van der Waals surface area contributed by atoms with Gasteiger partial charge in [-0.15, -0.1) is 30.6 Å². The zero-order chi connectivity index (χ0) is 16.2. The number of nitrogens with zero attached hydrogens (tertiary/aromatic N) is 1. The van der Waals surface area contributed by atoms with Crippen LogP contribution in [0.1, 0.15) is 12.5 Å². The van der Waals surface area contributed by atoms with Crippen molar-refractivity contribution in [3.63, 3.8) is 0 Å². The molecule has 0 aliphatic carbocycles. The first-order chi connectivity index (χ1) is 10.7. The number of carbonyl (C=O) groups excluding carboxylic acids is 1. The van der Waals surface area contributed by atoms with Crippen LogP contribution in [0.3, 0.4) is 0 Å². The van der Waals surface area contributed by atoms with Crippen molar-refractivity contribution in [2.24, 2.45) is 4.99 Å². The molecule has 1 aromatic carbocycles. The topological polar surface area (TPSA) is 65.5 Å². The van der Waals surface area contributed by atoms with Gasteiger partial charge in [0, 0.05) is 19.6 Å². The van der Waals surface area contributed by atoms with Gasteiger partial charge in [-0.25, -0.2) is 4.39 Å². The Bertz CT molecular complexity index is 505. The highest BCUT2D eigenvalue weighted by Gasteiger charge is 2.03. The molecule has 0 heterocycles. The van der Waals surface area contributed by atoms with Crippen molar-refractivity contribution < 1.29 is 9.18 Å². The number of rotatable bonds is 8. The minimum Gasteiger partial charge on any atom is -0.357 e. The normalized spacial score (nSPS) is 10.4. The average Bonchev–Trinajstić information content (AvgIpc) is 2.51. The van der Waals surface area contributed by atoms with Crippen molar-refractivity contribution in [3.8, 4) is 0 Å². The summed E-state index contributed by atoms with van der Waals surface area (Å²) in [6.07, 6.45) is 1.98. The van der Waals surface area contributed by atoms with Crippen LogP contribution >= 0.6 is 24.0 Å². The molecule has 0 fully saturated rings. The molecule has 0 spiro atoms. The highest BCUT2D eigenvalue weighted by molar-refractivity contribution is 14.0. The summed E-state index contributed by atoms with van der Waals surface area (Å²) in [6, 6.07) is 5.91. The van der Waals surface area contributed by atoms with Gasteiger partial charge in [0.1, 0.15) is 5.82 Å². The molecule has 1 amide bonds. The number of hydrogen-bond donors (Lipinski definition) is 3. The molecule has 0 saturated carbocycles. The van der Waals surface area contributed by atoms with E-state index >= 15 is 0 Å². The van der Waals surface area contributed by atoms with Crippen molar-refractivity contribution >= 4 is 35.8 Å². The van der Waals surface area contributed by atoms with Crippen LogP contribution in [0.5, 0.6) is 0 Å². The number of hydrogen-bond acceptors (Lipinski definition) is 2. The lowest BCUT2D eigenvalue weighted by Gasteiger charge is -2.09. The number of nitrogens with one attached hydrogen (secondary N) is 3. The second-order valence-electron chi connectivity index (χ2n) is 4.58. The van der Waals surface area contributed by atoms with E-state index in [2.05, 4.69) is 27.5 Å². The molecular formula is C16H24FIN4O. The Morgan fingerprint density at radius 1 is 1.26 bits per heavy atom. The maximum absolute atomic E-state index is 12.8. The molecule has 23 heavy (non-hydrogen) atoms. The SMILES string of the molecule is C=CCNC(=NCCNC(=O)Cc1ccc(F)cc1)NCC.I. The first-order valence-corrected chi connectivity index (χ1v) is 7.30. The zero-order valence-electron chi connectivity index (χ0n) is 13.3. The smallest absolute Gasteiger partial charge is 0.224 e. The fourth-order valence-electron chi connectivity index (χ4n) is 1.72. The van der Waals surface area contributed by atoms with Gasteiger partial charge in [-0.05, 0) is 24.6 Å². The van der Waals surface area contributed by atoms with Gasteiger partial charge >= 0.3 is 0 Å². The van der Waals surface area contributed by atoms with Gasteiger partial charge in [0.2, 0.25) is 5.91 Å². The largest absolute Gasteiger partial charge is 0.357 e. The van der Waals surface area contributed by atoms with Gasteiger partial charge in [0.05, 0.1) is 13.0 Å². The van der Waals surface area contributed by atoms with Crippen LogP contribution in [0, 0.1) is 5.82 Å². The number of carbonyl (C=O) groups is 1. The standard InChI is InChI=1S/C16H23FN4O.HI/c1-3-9-20-16(18-4-2)21-11-10-19-15(22)12-13-5-7-14(17)8-6-13;/h3,5-8H,1,4,9-12H2,2H3,(H,19,22)(H2,18,20,21);1H. The average molecular weight is 434 g/mol. The van der Waals surface area contributed by atoms with Crippen LogP contribution < -0.4 is 16.0 Å². The highest BCUT2D eigenvalue weighted by atomic mass is 127. The molecular weight excluding hydrogens is 410 g/mol. The predicted octanol–water partition coefficient (Wildman–Crippen LogP) is 1.84. The molecule has 128 valence electrons. The van der Waals surface area contributed by atoms with Crippen LogP contribution in [-0.4, -0.2) is 38.0 Å². The Balaban J connectivity index is 0.00000484. The summed E-state index contributed by atoms with van der Waals surface area (Å²) in [4.78, 5) is 16.1. The molecule has 0 radical (unpaired) electrons. The van der Waals surface area contributed by atoms with E-state index in [1.807, 2.05) is 6.92 Å². The molecule has 0 aliphatic rings. The Kier molecular flexibility index (Phi) is 11.9. The molecule has 5 nitrogen and oxygen atoms in total. The zero-order valence-corrected chi connectivity index (χ0v) is 15.6. The van der Waals surface area contributed by atoms with Gasteiger partial charge in [-0.1, -0.05) is 18.2 Å². The third-order valence-electron chi connectivity index (χ3n) is 2.74. The van der Waals surface area contributed by atoms with Crippen molar-refractivity contribution in [3.05, 3.63) is 48.3 Å². The summed E-state index contributed by atoms with van der Waals surface area (Å²) in [5.74, 6) is 0.280. The second kappa shape index (κ2) is 12.9. The molecule has 1 aromatic rings. The lowest BCUT2D eigenvalue weighted by molar-refractivity contribution is -0.120. The van der Waals surface area contributed by atoms with Crippen molar-refractivity contribution in [2.45, 2.75) is 13.3 Å². The fraction of sp³-hybridized carbons (Fsp3) is 0.375. The summed E-state index contributed by atoms with van der Waals surface area (Å²) in [6.45, 7) is 7.93. The number of aliphatic imine (C=N–C) groups is 1. The van der Waals surface area contributed by atoms with E-state index in [0.717, 1.165) is 12.1 Å². The van der Waals surface area contributed by atoms with Crippen molar-refractivity contribution in [1.29, 1.82) is 0 Å². The van der Waals surface area contributed by atoms with Crippen LogP contribution in [-0.2, 0) is 11.2 Å². The van der Waals surface area contributed by atoms with Crippen molar-refractivity contribution in [1.82, 2.24) is 16.0 Å². The molecule has 0 atom stereocenters. The monoisotopic (exact) mass is 434 g/mol. The van der Waals surface area contributed by atoms with Gasteiger partial charge in [-0.3, -0.25) is 9.79 Å². The maximum Gasteiger partial charge on any atom is 0.224 e. The molecule has 0 bridgehead atoms. The van der Waals surface area contributed by atoms with Gasteiger partial charge in [0.25, 0.3) is 0 Å². The third-order valence-corrected chi connectivity index (χ3v) is 2.74. The van der Waals surface area contributed by atoms with E-state index in [-0.39, 0.29) is 42.1 Å². The minimum atomic E-state index is -0.304. The summed E-state index contributed by atoms with van der Waals surface area (Å²) in [7, 11) is 0. The first kappa shape index (κ1) is 21.4. The first-order valence-electron chi connectivity index (χ1n) is 7.30. The van der Waals surface area contributed by atoms with E-state index in [0.29, 0.717) is 25.6 Å². The molecule has 7 heteroatoms. The Morgan fingerprint density at radius 3 is 2.57 bits per heavy atom. The lowest BCUT2D eigenvalue weighted by atomic mass is 10.1. The minimum absolute atomic E-state index is 0. The number of halogens is 2. The number of benzene rings is 1. The van der Waals surface area contributed by atoms with E-state index in [1.165, 1.54) is 12.1 Å². The van der Waals surface area contributed by atoms with Gasteiger partial charge in [0.15, 0.2) is 5.96 Å². The van der Waals surface area contributed by atoms with Crippen LogP contribution in [0.4, 0.5) is 4.39 Å². The Labute approximate surface area is 153 Å². The molecule has 0 aromatic heterocycles. The number of amides is 1. The van der Waals surface area contributed by atoms with E-state index < -0.39 is 0 Å². The van der Waals surface area contributed by atoms with Gasteiger partial charge < -0.3 is 16.0 Å². The second-order valence-corrected chi connectivity index (χ2v) is 4.58. The molecule has 3 N–H and O–H groups in total. The Hall–Kier alpha value is -1.64. The van der Waals surface area contributed by atoms with E-state index in [9.17, 15) is 9.18 Å². The van der Waals surface area contributed by atoms with E-state index in [1.54, 1.807) is 18.2 Å². The predicted molar refractivity (Wildman–Crippen MR) is 103 cm³/mol. The molecule has 0 aliphatic heterocycles. The summed E-state index contributed by atoms with van der Waals surface area (Å²) >= 11 is 0. The molecule has 0 saturated heterocycles. The van der Waals surface area contributed by atoms with Crippen molar-refractivity contribution in [2.75, 3.05) is 26.2 Å². The lowest BCUT2D eigenvalue weighted by Crippen LogP contribution is -2.38.